The van der Waals surface area contributed by atoms with Crippen molar-refractivity contribution >= 4 is 33.5 Å². The molecular weight excluding hydrogens is 390 g/mol. The minimum absolute atomic E-state index is 0.336. The lowest BCUT2D eigenvalue weighted by molar-refractivity contribution is 0.0600. The zero-order valence-corrected chi connectivity index (χ0v) is 14.6. The third kappa shape index (κ3) is 3.72. The largest absolute Gasteiger partial charge is 0.465 e. The van der Waals surface area contributed by atoms with Crippen LogP contribution in [0.5, 0.6) is 0 Å². The predicted octanol–water partition coefficient (Wildman–Crippen LogP) is 2.46. The van der Waals surface area contributed by atoms with E-state index in [2.05, 4.69) is 41.5 Å². The molecule has 2 aromatic carbocycles. The van der Waals surface area contributed by atoms with Crippen molar-refractivity contribution in [3.63, 3.8) is 0 Å². The SMILES string of the molecule is COC(=O)c1ccc(NC(=O)c2cc(Br)ccc2-n2cnnn2)cc1. The lowest BCUT2D eigenvalue weighted by Crippen LogP contribution is -2.15. The van der Waals surface area contributed by atoms with E-state index in [1.165, 1.54) is 18.1 Å². The minimum atomic E-state index is -0.439. The Hall–Kier alpha value is -3.07. The van der Waals surface area contributed by atoms with Crippen molar-refractivity contribution in [1.29, 1.82) is 0 Å². The van der Waals surface area contributed by atoms with Crippen molar-refractivity contribution in [2.75, 3.05) is 12.4 Å². The molecule has 0 spiro atoms. The molecule has 0 saturated heterocycles. The zero-order valence-electron chi connectivity index (χ0n) is 13.0. The predicted molar refractivity (Wildman–Crippen MR) is 92.6 cm³/mol. The molecule has 0 aliphatic rings. The van der Waals surface area contributed by atoms with E-state index < -0.39 is 5.97 Å². The van der Waals surface area contributed by atoms with Crippen LogP contribution in [0.25, 0.3) is 5.69 Å². The Kier molecular flexibility index (Phi) is 4.85. The van der Waals surface area contributed by atoms with Gasteiger partial charge in [-0.1, -0.05) is 15.9 Å². The standard InChI is InChI=1S/C16H12BrN5O3/c1-25-16(24)10-2-5-12(6-3-10)19-15(23)13-8-11(17)4-7-14(13)22-9-18-20-21-22/h2-9H,1H3,(H,19,23). The number of nitrogens with zero attached hydrogens (tertiary/aromatic N) is 4. The van der Waals surface area contributed by atoms with Gasteiger partial charge >= 0.3 is 5.97 Å². The number of esters is 1. The fraction of sp³-hybridized carbons (Fsp3) is 0.0625. The van der Waals surface area contributed by atoms with Crippen LogP contribution in [-0.4, -0.2) is 39.2 Å². The number of methoxy groups -OCH3 is 1. The lowest BCUT2D eigenvalue weighted by Gasteiger charge is -2.10. The van der Waals surface area contributed by atoms with E-state index in [1.807, 2.05) is 0 Å². The van der Waals surface area contributed by atoms with Gasteiger partial charge in [-0.15, -0.1) is 5.10 Å². The normalized spacial score (nSPS) is 10.3. The number of hydrogen-bond acceptors (Lipinski definition) is 6. The van der Waals surface area contributed by atoms with Gasteiger partial charge in [-0.3, -0.25) is 4.79 Å². The summed E-state index contributed by atoms with van der Waals surface area (Å²) in [6.07, 6.45) is 1.41. The van der Waals surface area contributed by atoms with E-state index in [0.29, 0.717) is 22.5 Å². The highest BCUT2D eigenvalue weighted by molar-refractivity contribution is 9.10. The molecule has 0 radical (unpaired) electrons. The molecule has 3 aromatic rings. The van der Waals surface area contributed by atoms with Crippen molar-refractivity contribution in [3.8, 4) is 5.69 Å². The smallest absolute Gasteiger partial charge is 0.337 e. The first-order valence-corrected chi connectivity index (χ1v) is 7.90. The summed E-state index contributed by atoms with van der Waals surface area (Å²) in [5.41, 5.74) is 1.87. The van der Waals surface area contributed by atoms with Gasteiger partial charge in [-0.25, -0.2) is 4.79 Å². The summed E-state index contributed by atoms with van der Waals surface area (Å²) < 4.78 is 6.79. The molecule has 0 aliphatic heterocycles. The average Bonchev–Trinajstić information content (AvgIpc) is 3.16. The van der Waals surface area contributed by atoms with E-state index in [0.717, 1.165) is 4.47 Å². The number of rotatable bonds is 4. The maximum atomic E-state index is 12.7. The van der Waals surface area contributed by atoms with Gasteiger partial charge < -0.3 is 10.1 Å². The minimum Gasteiger partial charge on any atom is -0.465 e. The maximum Gasteiger partial charge on any atom is 0.337 e. The van der Waals surface area contributed by atoms with Crippen molar-refractivity contribution in [2.24, 2.45) is 0 Å². The molecule has 0 unspecified atom stereocenters. The number of hydrogen-bond donors (Lipinski definition) is 1. The fourth-order valence-corrected chi connectivity index (χ4v) is 2.53. The van der Waals surface area contributed by atoms with Crippen LogP contribution in [0.15, 0.2) is 53.3 Å². The Morgan fingerprint density at radius 3 is 2.56 bits per heavy atom. The molecule has 3 rings (SSSR count). The Labute approximate surface area is 150 Å². The Morgan fingerprint density at radius 2 is 1.92 bits per heavy atom. The van der Waals surface area contributed by atoms with Crippen LogP contribution in [0.1, 0.15) is 20.7 Å². The third-order valence-electron chi connectivity index (χ3n) is 3.36. The molecule has 8 nitrogen and oxygen atoms in total. The van der Waals surface area contributed by atoms with Crippen LogP contribution in [0.3, 0.4) is 0 Å². The van der Waals surface area contributed by atoms with Gasteiger partial charge in [-0.05, 0) is 52.9 Å². The highest BCUT2D eigenvalue weighted by atomic mass is 79.9. The summed E-state index contributed by atoms with van der Waals surface area (Å²) in [4.78, 5) is 24.1. The quantitative estimate of drug-likeness (QED) is 0.674. The number of halogens is 1. The van der Waals surface area contributed by atoms with Crippen molar-refractivity contribution in [1.82, 2.24) is 20.2 Å². The zero-order chi connectivity index (χ0) is 17.8. The van der Waals surface area contributed by atoms with E-state index in [1.54, 1.807) is 42.5 Å². The monoisotopic (exact) mass is 401 g/mol. The third-order valence-corrected chi connectivity index (χ3v) is 3.86. The molecule has 0 bridgehead atoms. The lowest BCUT2D eigenvalue weighted by atomic mass is 10.1. The summed E-state index contributed by atoms with van der Waals surface area (Å²) in [6.45, 7) is 0. The molecule has 9 heteroatoms. The first-order chi connectivity index (χ1) is 12.1. The topological polar surface area (TPSA) is 99.0 Å². The first-order valence-electron chi connectivity index (χ1n) is 7.11. The van der Waals surface area contributed by atoms with Crippen molar-refractivity contribution < 1.29 is 14.3 Å². The molecule has 0 saturated carbocycles. The molecule has 1 heterocycles. The second kappa shape index (κ2) is 7.22. The molecule has 126 valence electrons. The molecule has 0 aliphatic carbocycles. The van der Waals surface area contributed by atoms with Gasteiger partial charge in [0, 0.05) is 10.2 Å². The Morgan fingerprint density at radius 1 is 1.16 bits per heavy atom. The molecular formula is C16H12BrN5O3. The highest BCUT2D eigenvalue weighted by Crippen LogP contribution is 2.21. The van der Waals surface area contributed by atoms with Crippen LogP contribution < -0.4 is 5.32 Å². The number of nitrogens with one attached hydrogen (secondary N) is 1. The van der Waals surface area contributed by atoms with Gasteiger partial charge in [-0.2, -0.15) is 4.68 Å². The Balaban J connectivity index is 1.86. The second-order valence-corrected chi connectivity index (χ2v) is 5.85. The molecule has 1 N–H and O–H groups in total. The molecule has 25 heavy (non-hydrogen) atoms. The molecule has 1 aromatic heterocycles. The highest BCUT2D eigenvalue weighted by Gasteiger charge is 2.15. The fourth-order valence-electron chi connectivity index (χ4n) is 2.17. The van der Waals surface area contributed by atoms with Crippen LogP contribution in [0.4, 0.5) is 5.69 Å². The number of carbonyl (C=O) groups is 2. The van der Waals surface area contributed by atoms with E-state index in [9.17, 15) is 9.59 Å². The number of aromatic nitrogens is 4. The van der Waals surface area contributed by atoms with Crippen LogP contribution >= 0.6 is 15.9 Å². The van der Waals surface area contributed by atoms with Crippen LogP contribution in [0, 0.1) is 0 Å². The Bertz CT molecular complexity index is 910. The first kappa shape index (κ1) is 16.8. The van der Waals surface area contributed by atoms with Gasteiger partial charge in [0.15, 0.2) is 0 Å². The van der Waals surface area contributed by atoms with Crippen molar-refractivity contribution in [3.05, 3.63) is 64.4 Å². The number of carbonyl (C=O) groups excluding carboxylic acids is 2. The van der Waals surface area contributed by atoms with Gasteiger partial charge in [0.05, 0.1) is 23.9 Å². The number of tetrazole rings is 1. The van der Waals surface area contributed by atoms with Crippen molar-refractivity contribution in [2.45, 2.75) is 0 Å². The number of anilines is 1. The second-order valence-electron chi connectivity index (χ2n) is 4.94. The van der Waals surface area contributed by atoms with E-state index in [4.69, 9.17) is 0 Å². The van der Waals surface area contributed by atoms with Crippen LogP contribution in [-0.2, 0) is 4.74 Å². The van der Waals surface area contributed by atoms with E-state index in [-0.39, 0.29) is 5.91 Å². The van der Waals surface area contributed by atoms with Gasteiger partial charge in [0.25, 0.3) is 5.91 Å². The molecule has 1 amide bonds. The number of amides is 1. The summed E-state index contributed by atoms with van der Waals surface area (Å²) in [7, 11) is 1.31. The number of benzene rings is 2. The van der Waals surface area contributed by atoms with Gasteiger partial charge in [0.1, 0.15) is 6.33 Å². The average molecular weight is 402 g/mol. The summed E-state index contributed by atoms with van der Waals surface area (Å²) in [6, 6.07) is 11.6. The summed E-state index contributed by atoms with van der Waals surface area (Å²) >= 11 is 3.35. The number of ether oxygens (including phenoxy) is 1. The van der Waals surface area contributed by atoms with E-state index >= 15 is 0 Å². The summed E-state index contributed by atoms with van der Waals surface area (Å²) in [5.74, 6) is -0.775. The molecule has 0 fully saturated rings. The van der Waals surface area contributed by atoms with Crippen LogP contribution in [0.2, 0.25) is 0 Å². The maximum absolute atomic E-state index is 12.7. The molecule has 0 atom stereocenters. The summed E-state index contributed by atoms with van der Waals surface area (Å²) in [5, 5.41) is 13.8. The van der Waals surface area contributed by atoms with Gasteiger partial charge in [0.2, 0.25) is 0 Å².